The van der Waals surface area contributed by atoms with E-state index in [1.165, 1.54) is 5.56 Å². The Hall–Kier alpha value is -4.17. The second-order valence-corrected chi connectivity index (χ2v) is 9.77. The number of aryl methyl sites for hydroxylation is 1. The van der Waals surface area contributed by atoms with E-state index in [0.29, 0.717) is 30.2 Å². The van der Waals surface area contributed by atoms with E-state index in [0.717, 1.165) is 16.8 Å². The van der Waals surface area contributed by atoms with Gasteiger partial charge in [0, 0.05) is 24.5 Å². The van der Waals surface area contributed by atoms with Crippen molar-refractivity contribution in [2.24, 2.45) is 0 Å². The quantitative estimate of drug-likeness (QED) is 0.278. The molecule has 0 spiro atoms. The maximum Gasteiger partial charge on any atom is 0.251 e. The zero-order chi connectivity index (χ0) is 26.4. The standard InChI is InChI=1S/C29H33N5O3/c1-20-10-12-22(13-11-20)16-31-28(35)24-8-5-7-23(15-24)21(2)37-26-9-6-14-30-27(26)33-25-17-32-34(18-25)19-29(3,4)36/h5-15,17-18,21,36H,16,19H2,1-4H3,(H,30,33)(H,31,35). The van der Waals surface area contributed by atoms with E-state index in [1.54, 1.807) is 49.3 Å². The number of hydrogen-bond acceptors (Lipinski definition) is 6. The first-order chi connectivity index (χ1) is 17.7. The van der Waals surface area contributed by atoms with Gasteiger partial charge in [0.15, 0.2) is 11.6 Å². The molecule has 1 unspecified atom stereocenters. The van der Waals surface area contributed by atoms with Gasteiger partial charge in [0.05, 0.1) is 24.0 Å². The summed E-state index contributed by atoms with van der Waals surface area (Å²) >= 11 is 0. The van der Waals surface area contributed by atoms with Crippen molar-refractivity contribution in [1.29, 1.82) is 0 Å². The van der Waals surface area contributed by atoms with Crippen molar-refractivity contribution in [3.63, 3.8) is 0 Å². The Bertz CT molecular complexity index is 1340. The highest BCUT2D eigenvalue weighted by Crippen LogP contribution is 2.30. The SMILES string of the molecule is Cc1ccc(CNC(=O)c2cccc(C(C)Oc3cccnc3Nc3cnn(CC(C)(C)O)c3)c2)cc1. The number of pyridine rings is 1. The number of aromatic nitrogens is 3. The molecule has 3 N–H and O–H groups in total. The summed E-state index contributed by atoms with van der Waals surface area (Å²) in [6.45, 7) is 8.27. The van der Waals surface area contributed by atoms with Crippen molar-refractivity contribution in [1.82, 2.24) is 20.1 Å². The van der Waals surface area contributed by atoms with Crippen LogP contribution in [0.4, 0.5) is 11.5 Å². The molecule has 0 aliphatic rings. The Morgan fingerprint density at radius 2 is 1.92 bits per heavy atom. The van der Waals surface area contributed by atoms with E-state index < -0.39 is 5.60 Å². The monoisotopic (exact) mass is 499 g/mol. The van der Waals surface area contributed by atoms with Crippen molar-refractivity contribution in [2.45, 2.75) is 52.5 Å². The minimum atomic E-state index is -0.871. The van der Waals surface area contributed by atoms with Gasteiger partial charge in [-0.25, -0.2) is 4.98 Å². The number of carbonyl (C=O) groups is 1. The molecule has 8 nitrogen and oxygen atoms in total. The van der Waals surface area contributed by atoms with Crippen LogP contribution < -0.4 is 15.4 Å². The van der Waals surface area contributed by atoms with Crippen molar-refractivity contribution >= 4 is 17.4 Å². The molecule has 4 rings (SSSR count). The van der Waals surface area contributed by atoms with E-state index in [9.17, 15) is 9.90 Å². The fourth-order valence-electron chi connectivity index (χ4n) is 3.81. The molecule has 192 valence electrons. The molecule has 1 atom stereocenters. The summed E-state index contributed by atoms with van der Waals surface area (Å²) in [5, 5.41) is 20.5. The molecule has 0 fully saturated rings. The van der Waals surface area contributed by atoms with Gasteiger partial charge in [-0.05, 0) is 63.1 Å². The van der Waals surface area contributed by atoms with Crippen molar-refractivity contribution < 1.29 is 14.6 Å². The fraction of sp³-hybridized carbons (Fsp3) is 0.276. The van der Waals surface area contributed by atoms with Crippen LogP contribution in [0, 0.1) is 6.92 Å². The zero-order valence-corrected chi connectivity index (χ0v) is 21.6. The summed E-state index contributed by atoms with van der Waals surface area (Å²) in [4.78, 5) is 17.2. The molecule has 0 aliphatic carbocycles. The predicted octanol–water partition coefficient (Wildman–Crippen LogP) is 5.17. The molecule has 0 radical (unpaired) electrons. The number of nitrogens with zero attached hydrogens (tertiary/aromatic N) is 3. The molecule has 4 aromatic rings. The molecule has 0 saturated heterocycles. The lowest BCUT2D eigenvalue weighted by Crippen LogP contribution is -2.26. The van der Waals surface area contributed by atoms with Crippen LogP contribution in [0.1, 0.15) is 53.9 Å². The summed E-state index contributed by atoms with van der Waals surface area (Å²) in [5.41, 5.74) is 3.54. The topological polar surface area (TPSA) is 101 Å². The summed E-state index contributed by atoms with van der Waals surface area (Å²) in [7, 11) is 0. The summed E-state index contributed by atoms with van der Waals surface area (Å²) in [6, 6.07) is 19.2. The Morgan fingerprint density at radius 1 is 1.14 bits per heavy atom. The van der Waals surface area contributed by atoms with Gasteiger partial charge < -0.3 is 20.5 Å². The average Bonchev–Trinajstić information content (AvgIpc) is 3.29. The average molecular weight is 500 g/mol. The molecule has 1 amide bonds. The van der Waals surface area contributed by atoms with Crippen LogP contribution in [-0.2, 0) is 13.1 Å². The number of nitrogens with one attached hydrogen (secondary N) is 2. The molecule has 37 heavy (non-hydrogen) atoms. The van der Waals surface area contributed by atoms with E-state index >= 15 is 0 Å². The Morgan fingerprint density at radius 3 is 2.68 bits per heavy atom. The first-order valence-corrected chi connectivity index (χ1v) is 12.2. The van der Waals surface area contributed by atoms with Crippen LogP contribution in [0.2, 0.25) is 0 Å². The van der Waals surface area contributed by atoms with Gasteiger partial charge >= 0.3 is 0 Å². The van der Waals surface area contributed by atoms with Gasteiger partial charge in [0.25, 0.3) is 5.91 Å². The van der Waals surface area contributed by atoms with E-state index in [-0.39, 0.29) is 12.0 Å². The van der Waals surface area contributed by atoms with E-state index in [1.807, 2.05) is 62.4 Å². The smallest absolute Gasteiger partial charge is 0.251 e. The summed E-state index contributed by atoms with van der Waals surface area (Å²) in [5.74, 6) is 0.977. The van der Waals surface area contributed by atoms with Crippen molar-refractivity contribution in [2.75, 3.05) is 5.32 Å². The number of aliphatic hydroxyl groups is 1. The van der Waals surface area contributed by atoms with Crippen LogP contribution in [0.3, 0.4) is 0 Å². The first kappa shape index (κ1) is 25.9. The molecule has 2 heterocycles. The third-order valence-electron chi connectivity index (χ3n) is 5.71. The van der Waals surface area contributed by atoms with Gasteiger partial charge in [0.1, 0.15) is 6.10 Å². The predicted molar refractivity (Wildman–Crippen MR) is 144 cm³/mol. The normalized spacial score (nSPS) is 12.1. The second kappa shape index (κ2) is 11.3. The van der Waals surface area contributed by atoms with Crippen LogP contribution in [0.25, 0.3) is 0 Å². The van der Waals surface area contributed by atoms with Crippen LogP contribution >= 0.6 is 0 Å². The fourth-order valence-corrected chi connectivity index (χ4v) is 3.81. The second-order valence-electron chi connectivity index (χ2n) is 9.77. The lowest BCUT2D eigenvalue weighted by molar-refractivity contribution is 0.0577. The van der Waals surface area contributed by atoms with Crippen molar-refractivity contribution in [3.05, 3.63) is 102 Å². The molecule has 2 aromatic heterocycles. The molecular formula is C29H33N5O3. The van der Waals surface area contributed by atoms with Gasteiger partial charge in [-0.3, -0.25) is 9.48 Å². The lowest BCUT2D eigenvalue weighted by Gasteiger charge is -2.18. The molecule has 8 heteroatoms. The summed E-state index contributed by atoms with van der Waals surface area (Å²) < 4.78 is 7.91. The largest absolute Gasteiger partial charge is 0.482 e. The maximum atomic E-state index is 12.8. The van der Waals surface area contributed by atoms with Gasteiger partial charge in [-0.15, -0.1) is 0 Å². The van der Waals surface area contributed by atoms with Crippen LogP contribution in [0.5, 0.6) is 5.75 Å². The van der Waals surface area contributed by atoms with Gasteiger partial charge in [-0.2, -0.15) is 5.10 Å². The number of anilines is 2. The highest BCUT2D eigenvalue weighted by molar-refractivity contribution is 5.94. The number of rotatable bonds is 10. The minimum Gasteiger partial charge on any atom is -0.482 e. The van der Waals surface area contributed by atoms with Gasteiger partial charge in [-0.1, -0.05) is 42.0 Å². The highest BCUT2D eigenvalue weighted by Gasteiger charge is 2.16. The third-order valence-corrected chi connectivity index (χ3v) is 5.71. The molecular weight excluding hydrogens is 466 g/mol. The summed E-state index contributed by atoms with van der Waals surface area (Å²) in [6.07, 6.45) is 4.83. The minimum absolute atomic E-state index is 0.138. The van der Waals surface area contributed by atoms with E-state index in [2.05, 4.69) is 20.7 Å². The number of carbonyl (C=O) groups excluding carboxylic acids is 1. The number of hydrogen-bond donors (Lipinski definition) is 3. The zero-order valence-electron chi connectivity index (χ0n) is 21.6. The molecule has 0 aliphatic heterocycles. The highest BCUT2D eigenvalue weighted by atomic mass is 16.5. The number of ether oxygens (including phenoxy) is 1. The molecule has 0 saturated carbocycles. The Balaban J connectivity index is 1.41. The Kier molecular flexibility index (Phi) is 7.89. The number of benzene rings is 2. The third kappa shape index (κ3) is 7.41. The molecule has 2 aromatic carbocycles. The van der Waals surface area contributed by atoms with Crippen LogP contribution in [-0.4, -0.2) is 31.4 Å². The lowest BCUT2D eigenvalue weighted by atomic mass is 10.1. The Labute approximate surface area is 217 Å². The van der Waals surface area contributed by atoms with E-state index in [4.69, 9.17) is 4.74 Å². The number of amides is 1. The van der Waals surface area contributed by atoms with Gasteiger partial charge in [0.2, 0.25) is 0 Å². The molecule has 0 bridgehead atoms. The van der Waals surface area contributed by atoms with Crippen molar-refractivity contribution in [3.8, 4) is 5.75 Å². The maximum absolute atomic E-state index is 12.8. The van der Waals surface area contributed by atoms with Crippen LogP contribution in [0.15, 0.2) is 79.3 Å². The first-order valence-electron chi connectivity index (χ1n) is 12.2.